The second-order valence-electron chi connectivity index (χ2n) is 13.2. The summed E-state index contributed by atoms with van der Waals surface area (Å²) in [7, 11) is 0. The lowest BCUT2D eigenvalue weighted by Gasteiger charge is -2.63. The van der Waals surface area contributed by atoms with Gasteiger partial charge < -0.3 is 20.4 Å². The van der Waals surface area contributed by atoms with Crippen molar-refractivity contribution in [3.8, 4) is 0 Å². The molecule has 1 aromatic carbocycles. The topological polar surface area (TPSA) is 98.0 Å². The van der Waals surface area contributed by atoms with Crippen molar-refractivity contribution in [3.05, 3.63) is 33.4 Å². The zero-order valence-electron chi connectivity index (χ0n) is 22.9. The quantitative estimate of drug-likeness (QED) is 0.306. The van der Waals surface area contributed by atoms with Gasteiger partial charge in [0.05, 0.1) is 18.3 Å². The maximum absolute atomic E-state index is 11.5. The number of aryl methyl sites for hydroxylation is 1. The number of aliphatic carboxylic acids is 1. The molecule has 5 nitrogen and oxygen atoms in total. The highest BCUT2D eigenvalue weighted by atomic mass is 127. The second-order valence-corrected chi connectivity index (χ2v) is 14.5. The first-order chi connectivity index (χ1) is 17.4. The van der Waals surface area contributed by atoms with Crippen LogP contribution in [0.5, 0.6) is 0 Å². The standard InChI is InChI=1S/C24H40O5.C7H7I/c1-13(4-7-21(28)29)16-5-6-17-22-18(12-20(27)24(16,17)3)23(2)9-8-15(25)10-14(23)11-19(22)26;1-6-3-2-4-7(8)5-6/h13-20,22,25-27H,4-12H2,1-3H3,(H,28,29);2-5H,1H3/t13-,14+,15-,16-,17+,18+,19-,20+,22+,23+,24-;/m1./s1. The van der Waals surface area contributed by atoms with E-state index in [4.69, 9.17) is 5.11 Å². The molecule has 1 aromatic rings. The SMILES string of the molecule is C[C@H](CCC(=O)O)[C@H]1CC[C@H]2[C@@H]3[C@H](O)C[C@@H]4C[C@H](O)CC[C@]4(C)[C@H]3C[C@H](O)[C@]12C.Cc1cccc(I)c1. The first-order valence-electron chi connectivity index (χ1n) is 14.4. The summed E-state index contributed by atoms with van der Waals surface area (Å²) in [6.07, 6.45) is 6.00. The number of hydrogen-bond acceptors (Lipinski definition) is 4. The van der Waals surface area contributed by atoms with Crippen LogP contribution in [0.3, 0.4) is 0 Å². The summed E-state index contributed by atoms with van der Waals surface area (Å²) >= 11 is 2.31. The molecular weight excluding hydrogens is 579 g/mol. The molecular formula is C31H47IO5. The number of hydrogen-bond donors (Lipinski definition) is 4. The zero-order valence-corrected chi connectivity index (χ0v) is 25.1. The predicted molar refractivity (Wildman–Crippen MR) is 154 cm³/mol. The molecule has 0 unspecified atom stereocenters. The Hall–Kier alpha value is -0.700. The van der Waals surface area contributed by atoms with Crippen molar-refractivity contribution in [2.75, 3.05) is 0 Å². The fourth-order valence-corrected chi connectivity index (χ4v) is 9.99. The van der Waals surface area contributed by atoms with Gasteiger partial charge in [0.25, 0.3) is 0 Å². The number of aliphatic hydroxyl groups excluding tert-OH is 3. The van der Waals surface area contributed by atoms with Crippen LogP contribution in [0.2, 0.25) is 0 Å². The molecule has 4 N–H and O–H groups in total. The normalized spacial score (nSPS) is 43.5. The van der Waals surface area contributed by atoms with Gasteiger partial charge in [-0.15, -0.1) is 0 Å². The van der Waals surface area contributed by atoms with Crippen LogP contribution in [-0.4, -0.2) is 44.7 Å². The Morgan fingerprint density at radius 1 is 1.08 bits per heavy atom. The first kappa shape index (κ1) is 29.3. The van der Waals surface area contributed by atoms with E-state index in [1.807, 2.05) is 0 Å². The van der Waals surface area contributed by atoms with Crippen molar-refractivity contribution in [1.82, 2.24) is 0 Å². The molecule has 0 aliphatic heterocycles. The van der Waals surface area contributed by atoms with Crippen molar-refractivity contribution in [1.29, 1.82) is 0 Å². The molecule has 5 rings (SSSR count). The minimum Gasteiger partial charge on any atom is -0.481 e. The van der Waals surface area contributed by atoms with Gasteiger partial charge in [-0.2, -0.15) is 0 Å². The van der Waals surface area contributed by atoms with Gasteiger partial charge in [0.2, 0.25) is 0 Å². The van der Waals surface area contributed by atoms with Crippen molar-refractivity contribution in [3.63, 3.8) is 0 Å². The van der Waals surface area contributed by atoms with Crippen LogP contribution in [0.4, 0.5) is 0 Å². The van der Waals surface area contributed by atoms with Crippen LogP contribution in [-0.2, 0) is 4.79 Å². The van der Waals surface area contributed by atoms with Gasteiger partial charge in [-0.3, -0.25) is 4.79 Å². The van der Waals surface area contributed by atoms with Crippen LogP contribution in [0.15, 0.2) is 24.3 Å². The highest BCUT2D eigenvalue weighted by Crippen LogP contribution is 2.68. The highest BCUT2D eigenvalue weighted by Gasteiger charge is 2.65. The van der Waals surface area contributed by atoms with Crippen LogP contribution in [0, 0.1) is 56.8 Å². The van der Waals surface area contributed by atoms with Gasteiger partial charge in [-0.25, -0.2) is 0 Å². The Kier molecular flexibility index (Phi) is 9.04. The smallest absolute Gasteiger partial charge is 0.303 e. The van der Waals surface area contributed by atoms with Gasteiger partial charge in [0.15, 0.2) is 0 Å². The summed E-state index contributed by atoms with van der Waals surface area (Å²) < 4.78 is 1.31. The number of carboxylic acids is 1. The van der Waals surface area contributed by atoms with E-state index in [1.54, 1.807) is 0 Å². The molecule has 0 aromatic heterocycles. The number of rotatable bonds is 4. The molecule has 0 radical (unpaired) electrons. The molecule has 37 heavy (non-hydrogen) atoms. The first-order valence-corrected chi connectivity index (χ1v) is 15.4. The van der Waals surface area contributed by atoms with Gasteiger partial charge in [0.1, 0.15) is 0 Å². The fourth-order valence-electron chi connectivity index (χ4n) is 9.29. The van der Waals surface area contributed by atoms with E-state index in [2.05, 4.69) is 74.6 Å². The highest BCUT2D eigenvalue weighted by molar-refractivity contribution is 14.1. The minimum absolute atomic E-state index is 0.0957. The minimum atomic E-state index is -0.748. The third kappa shape index (κ3) is 5.64. The van der Waals surface area contributed by atoms with E-state index >= 15 is 0 Å². The predicted octanol–water partition coefficient (Wildman–Crippen LogP) is 6.05. The van der Waals surface area contributed by atoms with Gasteiger partial charge in [0, 0.05) is 9.99 Å². The summed E-state index contributed by atoms with van der Waals surface area (Å²) in [5.74, 6) is 0.997. The van der Waals surface area contributed by atoms with Crippen molar-refractivity contribution >= 4 is 28.6 Å². The van der Waals surface area contributed by atoms with Crippen LogP contribution in [0.25, 0.3) is 0 Å². The molecule has 4 fully saturated rings. The lowest BCUT2D eigenvalue weighted by Crippen LogP contribution is -2.62. The number of carboxylic acid groups (broad SMARTS) is 1. The molecule has 208 valence electrons. The Morgan fingerprint density at radius 3 is 2.43 bits per heavy atom. The molecule has 0 amide bonds. The van der Waals surface area contributed by atoms with Gasteiger partial charge in [-0.05, 0) is 139 Å². The van der Waals surface area contributed by atoms with E-state index in [-0.39, 0.29) is 41.3 Å². The average molecular weight is 627 g/mol. The van der Waals surface area contributed by atoms with Gasteiger partial charge in [-0.1, -0.05) is 38.5 Å². The summed E-state index contributed by atoms with van der Waals surface area (Å²) in [4.78, 5) is 11.1. The van der Waals surface area contributed by atoms with E-state index in [0.29, 0.717) is 30.1 Å². The average Bonchev–Trinajstić information content (AvgIpc) is 3.18. The third-order valence-corrected chi connectivity index (χ3v) is 12.0. The fraction of sp³-hybridized carbons (Fsp3) is 0.774. The van der Waals surface area contributed by atoms with Crippen LogP contribution >= 0.6 is 22.6 Å². The van der Waals surface area contributed by atoms with Crippen molar-refractivity contribution in [2.24, 2.45) is 46.3 Å². The van der Waals surface area contributed by atoms with E-state index in [9.17, 15) is 20.1 Å². The molecule has 0 saturated heterocycles. The van der Waals surface area contributed by atoms with Crippen molar-refractivity contribution < 1.29 is 25.2 Å². The molecule has 0 spiro atoms. The number of aliphatic hydroxyl groups is 3. The number of fused-ring (bicyclic) bond motifs is 5. The number of halogens is 1. The number of benzene rings is 1. The van der Waals surface area contributed by atoms with Crippen LogP contribution in [0.1, 0.15) is 84.1 Å². The van der Waals surface area contributed by atoms with E-state index < -0.39 is 12.1 Å². The van der Waals surface area contributed by atoms with Crippen LogP contribution < -0.4 is 0 Å². The Labute approximate surface area is 236 Å². The summed E-state index contributed by atoms with van der Waals surface area (Å²) in [6, 6.07) is 8.41. The molecule has 0 heterocycles. The largest absolute Gasteiger partial charge is 0.481 e. The Bertz CT molecular complexity index is 936. The maximum atomic E-state index is 11.5. The molecule has 4 saturated carbocycles. The Balaban J connectivity index is 0.000000342. The summed E-state index contributed by atoms with van der Waals surface area (Å²) in [5, 5.41) is 42.0. The lowest BCUT2D eigenvalue weighted by atomic mass is 9.43. The van der Waals surface area contributed by atoms with Crippen molar-refractivity contribution in [2.45, 2.75) is 104 Å². The van der Waals surface area contributed by atoms with Gasteiger partial charge >= 0.3 is 5.97 Å². The zero-order chi connectivity index (χ0) is 27.1. The molecule has 6 heteroatoms. The Morgan fingerprint density at radius 2 is 1.81 bits per heavy atom. The number of carbonyl (C=O) groups is 1. The third-order valence-electron chi connectivity index (χ3n) is 11.3. The molecule has 0 bridgehead atoms. The molecule has 11 atom stereocenters. The monoisotopic (exact) mass is 626 g/mol. The lowest BCUT2D eigenvalue weighted by molar-refractivity contribution is -0.207. The maximum Gasteiger partial charge on any atom is 0.303 e. The van der Waals surface area contributed by atoms with E-state index in [1.165, 1.54) is 9.13 Å². The van der Waals surface area contributed by atoms with E-state index in [0.717, 1.165) is 44.9 Å². The summed E-state index contributed by atoms with van der Waals surface area (Å²) in [6.45, 7) is 8.82. The summed E-state index contributed by atoms with van der Waals surface area (Å²) in [5.41, 5.74) is 1.19. The molecule has 4 aliphatic rings. The molecule has 4 aliphatic carbocycles. The second kappa shape index (κ2) is 11.4.